The van der Waals surface area contributed by atoms with Crippen molar-refractivity contribution < 1.29 is 18.3 Å². The summed E-state index contributed by atoms with van der Waals surface area (Å²) < 4.78 is 33.5. The van der Waals surface area contributed by atoms with Crippen molar-refractivity contribution in [2.75, 3.05) is 11.5 Å². The average Bonchev–Trinajstić information content (AvgIpc) is 3.16. The summed E-state index contributed by atoms with van der Waals surface area (Å²) in [6.07, 6.45) is 3.24. The summed E-state index contributed by atoms with van der Waals surface area (Å²) >= 11 is 6.88. The van der Waals surface area contributed by atoms with Crippen molar-refractivity contribution in [2.45, 2.75) is 6.54 Å². The van der Waals surface area contributed by atoms with Crippen LogP contribution in [-0.4, -0.2) is 22.5 Å². The van der Waals surface area contributed by atoms with Crippen molar-refractivity contribution in [1.82, 2.24) is 9.97 Å². The highest BCUT2D eigenvalue weighted by Crippen LogP contribution is 2.32. The zero-order valence-corrected chi connectivity index (χ0v) is 17.0. The highest BCUT2D eigenvalue weighted by molar-refractivity contribution is 7.22. The molecule has 0 saturated carbocycles. The van der Waals surface area contributed by atoms with E-state index in [2.05, 4.69) is 9.97 Å². The van der Waals surface area contributed by atoms with Gasteiger partial charge in [-0.15, -0.1) is 0 Å². The minimum absolute atomic E-state index is 0.0130. The number of thiazole rings is 1. The molecule has 4 rings (SSSR count). The number of pyridine rings is 1. The van der Waals surface area contributed by atoms with Gasteiger partial charge < -0.3 is 4.74 Å². The molecule has 2 aromatic carbocycles. The maximum absolute atomic E-state index is 14.1. The van der Waals surface area contributed by atoms with Gasteiger partial charge in [0.25, 0.3) is 5.91 Å². The number of amides is 1. The van der Waals surface area contributed by atoms with Gasteiger partial charge in [0.1, 0.15) is 17.1 Å². The van der Waals surface area contributed by atoms with Gasteiger partial charge in [-0.2, -0.15) is 0 Å². The van der Waals surface area contributed by atoms with Crippen LogP contribution in [0.5, 0.6) is 5.75 Å². The molecule has 0 N–H and O–H groups in total. The van der Waals surface area contributed by atoms with E-state index in [-0.39, 0.29) is 23.8 Å². The van der Waals surface area contributed by atoms with Gasteiger partial charge >= 0.3 is 0 Å². The number of aromatic nitrogens is 2. The molecule has 0 aliphatic heterocycles. The summed E-state index contributed by atoms with van der Waals surface area (Å²) in [5.41, 5.74) is 0.766. The molecular formula is C21H14ClF2N3O2S. The Morgan fingerprint density at radius 3 is 2.70 bits per heavy atom. The SMILES string of the molecule is O=C(COc1ccc(Cl)cc1)N(Cc1cccnc1)c1nc2c(F)cc(F)cc2s1. The Morgan fingerprint density at radius 2 is 1.97 bits per heavy atom. The van der Waals surface area contributed by atoms with Crippen molar-refractivity contribution >= 4 is 44.2 Å². The first-order valence-corrected chi connectivity index (χ1v) is 10.0. The number of carbonyl (C=O) groups is 1. The van der Waals surface area contributed by atoms with Crippen LogP contribution in [0.3, 0.4) is 0 Å². The fourth-order valence-electron chi connectivity index (χ4n) is 2.75. The summed E-state index contributed by atoms with van der Waals surface area (Å²) in [7, 11) is 0. The lowest BCUT2D eigenvalue weighted by Crippen LogP contribution is -2.34. The first-order chi connectivity index (χ1) is 14.5. The van der Waals surface area contributed by atoms with Gasteiger partial charge in [0.05, 0.1) is 11.2 Å². The van der Waals surface area contributed by atoms with Crippen molar-refractivity contribution in [2.24, 2.45) is 0 Å². The molecule has 30 heavy (non-hydrogen) atoms. The summed E-state index contributed by atoms with van der Waals surface area (Å²) in [4.78, 5) is 22.6. The normalized spacial score (nSPS) is 10.9. The maximum Gasteiger partial charge on any atom is 0.267 e. The smallest absolute Gasteiger partial charge is 0.267 e. The van der Waals surface area contributed by atoms with Crippen LogP contribution in [0.15, 0.2) is 60.9 Å². The van der Waals surface area contributed by atoms with Gasteiger partial charge in [-0.3, -0.25) is 14.7 Å². The van der Waals surface area contributed by atoms with Crippen molar-refractivity contribution in [3.05, 3.63) is 83.1 Å². The molecule has 0 atom stereocenters. The van der Waals surface area contributed by atoms with E-state index in [1.54, 1.807) is 48.8 Å². The monoisotopic (exact) mass is 445 g/mol. The van der Waals surface area contributed by atoms with Gasteiger partial charge in [-0.25, -0.2) is 13.8 Å². The summed E-state index contributed by atoms with van der Waals surface area (Å²) in [5, 5.41) is 0.790. The first kappa shape index (κ1) is 20.2. The number of benzene rings is 2. The van der Waals surface area contributed by atoms with Crippen LogP contribution < -0.4 is 9.64 Å². The zero-order chi connectivity index (χ0) is 21.1. The number of rotatable bonds is 6. The Labute approximate surface area is 179 Å². The molecule has 2 heterocycles. The molecule has 0 radical (unpaired) electrons. The Bertz CT molecular complexity index is 1190. The van der Waals surface area contributed by atoms with Gasteiger partial charge in [0.15, 0.2) is 17.6 Å². The molecule has 0 aliphatic carbocycles. The molecule has 0 fully saturated rings. The van der Waals surface area contributed by atoms with E-state index in [0.29, 0.717) is 15.5 Å². The van der Waals surface area contributed by atoms with E-state index < -0.39 is 17.5 Å². The highest BCUT2D eigenvalue weighted by atomic mass is 35.5. The minimum Gasteiger partial charge on any atom is -0.484 e. The number of halogens is 3. The lowest BCUT2D eigenvalue weighted by atomic mass is 10.2. The molecule has 0 bridgehead atoms. The van der Waals surface area contributed by atoms with Gasteiger partial charge in [-0.1, -0.05) is 29.0 Å². The van der Waals surface area contributed by atoms with Gasteiger partial charge in [-0.05, 0) is 42.0 Å². The topological polar surface area (TPSA) is 55.3 Å². The molecule has 0 unspecified atom stereocenters. The van der Waals surface area contributed by atoms with Crippen LogP contribution in [0.25, 0.3) is 10.2 Å². The largest absolute Gasteiger partial charge is 0.484 e. The molecule has 2 aromatic heterocycles. The standard InChI is InChI=1S/C21H14ClF2N3O2S/c22-14-3-5-16(6-4-14)29-12-19(28)27(11-13-2-1-7-25-10-13)21-26-20-17(24)8-15(23)9-18(20)30-21/h1-10H,11-12H2. The van der Waals surface area contributed by atoms with E-state index in [9.17, 15) is 13.6 Å². The molecule has 152 valence electrons. The zero-order valence-electron chi connectivity index (χ0n) is 15.4. The molecule has 1 amide bonds. The second-order valence-electron chi connectivity index (χ2n) is 6.31. The lowest BCUT2D eigenvalue weighted by molar-refractivity contribution is -0.120. The summed E-state index contributed by atoms with van der Waals surface area (Å²) in [6.45, 7) is -0.116. The van der Waals surface area contributed by atoms with Crippen LogP contribution in [-0.2, 0) is 11.3 Å². The molecular weight excluding hydrogens is 432 g/mol. The first-order valence-electron chi connectivity index (χ1n) is 8.83. The van der Waals surface area contributed by atoms with E-state index in [1.807, 2.05) is 0 Å². The molecule has 0 saturated heterocycles. The number of hydrogen-bond acceptors (Lipinski definition) is 5. The second-order valence-corrected chi connectivity index (χ2v) is 7.76. The number of fused-ring (bicyclic) bond motifs is 1. The molecule has 0 aliphatic rings. The second kappa shape index (κ2) is 8.73. The van der Waals surface area contributed by atoms with Crippen LogP contribution in [0.4, 0.5) is 13.9 Å². The fraction of sp³-hybridized carbons (Fsp3) is 0.0952. The molecule has 0 spiro atoms. The van der Waals surface area contributed by atoms with Crippen LogP contribution in [0, 0.1) is 11.6 Å². The highest BCUT2D eigenvalue weighted by Gasteiger charge is 2.22. The van der Waals surface area contributed by atoms with E-state index in [1.165, 1.54) is 11.0 Å². The number of ether oxygens (including phenoxy) is 1. The number of anilines is 1. The van der Waals surface area contributed by atoms with Crippen molar-refractivity contribution in [1.29, 1.82) is 0 Å². The van der Waals surface area contributed by atoms with E-state index in [0.717, 1.165) is 23.0 Å². The molecule has 5 nitrogen and oxygen atoms in total. The average molecular weight is 446 g/mol. The number of hydrogen-bond donors (Lipinski definition) is 0. The van der Waals surface area contributed by atoms with Gasteiger partial charge in [0.2, 0.25) is 0 Å². The summed E-state index contributed by atoms with van der Waals surface area (Å²) in [6, 6.07) is 12.1. The number of nitrogens with zero attached hydrogens (tertiary/aromatic N) is 3. The predicted molar refractivity (Wildman–Crippen MR) is 112 cm³/mol. The Balaban J connectivity index is 1.63. The minimum atomic E-state index is -0.779. The van der Waals surface area contributed by atoms with Gasteiger partial charge in [0, 0.05) is 23.5 Å². The predicted octanol–water partition coefficient (Wildman–Crippen LogP) is 5.24. The maximum atomic E-state index is 14.1. The Kier molecular flexibility index (Phi) is 5.87. The third kappa shape index (κ3) is 4.55. The molecule has 4 aromatic rings. The third-order valence-electron chi connectivity index (χ3n) is 4.17. The van der Waals surface area contributed by atoms with Crippen LogP contribution in [0.1, 0.15) is 5.56 Å². The Morgan fingerprint density at radius 1 is 1.17 bits per heavy atom. The molecule has 9 heteroatoms. The van der Waals surface area contributed by atoms with E-state index in [4.69, 9.17) is 16.3 Å². The van der Waals surface area contributed by atoms with Crippen LogP contribution >= 0.6 is 22.9 Å². The van der Waals surface area contributed by atoms with Crippen molar-refractivity contribution in [3.63, 3.8) is 0 Å². The quantitative estimate of drug-likeness (QED) is 0.407. The van der Waals surface area contributed by atoms with Crippen molar-refractivity contribution in [3.8, 4) is 5.75 Å². The summed E-state index contributed by atoms with van der Waals surface area (Å²) in [5.74, 6) is -1.40. The fourth-order valence-corrected chi connectivity index (χ4v) is 3.90. The third-order valence-corrected chi connectivity index (χ3v) is 5.45. The van der Waals surface area contributed by atoms with E-state index >= 15 is 0 Å². The lowest BCUT2D eigenvalue weighted by Gasteiger charge is -2.20. The van der Waals surface area contributed by atoms with Crippen LogP contribution in [0.2, 0.25) is 5.02 Å². The number of carbonyl (C=O) groups excluding carboxylic acids is 1. The Hall–Kier alpha value is -3.10.